The highest BCUT2D eigenvalue weighted by Gasteiger charge is 2.31. The zero-order chi connectivity index (χ0) is 13.3. The quantitative estimate of drug-likeness (QED) is 0.855. The highest BCUT2D eigenvalue weighted by atomic mass is 35.5. The number of hydrogen-bond acceptors (Lipinski definition) is 2. The lowest BCUT2D eigenvalue weighted by atomic mass is 10.1. The van der Waals surface area contributed by atoms with Gasteiger partial charge in [-0.25, -0.2) is 4.79 Å². The molecule has 1 aliphatic rings. The van der Waals surface area contributed by atoms with Gasteiger partial charge in [0, 0.05) is 23.9 Å². The number of nitrogens with zero attached hydrogens (tertiary/aromatic N) is 1. The second kappa shape index (κ2) is 4.82. The number of rotatable bonds is 3. The molecule has 0 saturated carbocycles. The molecule has 94 valence electrons. The topological polar surface area (TPSA) is 57.6 Å². The molecular weight excluding hydrogens is 254 g/mol. The van der Waals surface area contributed by atoms with E-state index >= 15 is 0 Å². The molecule has 4 nitrogen and oxygen atoms in total. The molecule has 0 radical (unpaired) electrons. The molecule has 0 spiro atoms. The van der Waals surface area contributed by atoms with E-state index in [9.17, 15) is 9.59 Å². The summed E-state index contributed by atoms with van der Waals surface area (Å²) in [5, 5.41) is 9.48. The first-order valence-electron chi connectivity index (χ1n) is 5.48. The SMILES string of the molecule is C=CC1CC(=O)N(c2ccc(Cl)cc2C(=O)O)C1. The number of halogens is 1. The van der Waals surface area contributed by atoms with E-state index in [-0.39, 0.29) is 17.4 Å². The maximum absolute atomic E-state index is 11.9. The first-order chi connectivity index (χ1) is 8.52. The standard InChI is InChI=1S/C13H12ClNO3/c1-2-8-5-12(16)15(7-8)11-4-3-9(14)6-10(11)13(17)18/h2-4,6,8H,1,5,7H2,(H,17,18). The number of hydrogen-bond donors (Lipinski definition) is 1. The second-order valence-electron chi connectivity index (χ2n) is 4.17. The van der Waals surface area contributed by atoms with E-state index in [2.05, 4.69) is 6.58 Å². The minimum absolute atomic E-state index is 0.0422. The molecule has 1 aromatic carbocycles. The van der Waals surface area contributed by atoms with Crippen LogP contribution >= 0.6 is 11.6 Å². The molecule has 1 atom stereocenters. The number of aromatic carboxylic acids is 1. The van der Waals surface area contributed by atoms with Crippen molar-refractivity contribution in [2.75, 3.05) is 11.4 Å². The van der Waals surface area contributed by atoms with Gasteiger partial charge >= 0.3 is 5.97 Å². The van der Waals surface area contributed by atoms with Crippen LogP contribution in [0, 0.1) is 5.92 Å². The van der Waals surface area contributed by atoms with Gasteiger partial charge in [0.15, 0.2) is 0 Å². The number of amides is 1. The summed E-state index contributed by atoms with van der Waals surface area (Å²) in [6.45, 7) is 4.12. The van der Waals surface area contributed by atoms with Crippen LogP contribution in [0.4, 0.5) is 5.69 Å². The summed E-state index contributed by atoms with van der Waals surface area (Å²) < 4.78 is 0. The van der Waals surface area contributed by atoms with Gasteiger partial charge < -0.3 is 10.0 Å². The van der Waals surface area contributed by atoms with E-state index in [0.29, 0.717) is 23.7 Å². The fourth-order valence-corrected chi connectivity index (χ4v) is 2.21. The molecule has 2 rings (SSSR count). The molecule has 1 unspecified atom stereocenters. The lowest BCUT2D eigenvalue weighted by Gasteiger charge is -2.18. The summed E-state index contributed by atoms with van der Waals surface area (Å²) in [4.78, 5) is 24.5. The first-order valence-corrected chi connectivity index (χ1v) is 5.86. The van der Waals surface area contributed by atoms with Crippen molar-refractivity contribution >= 4 is 29.2 Å². The Balaban J connectivity index is 2.42. The Labute approximate surface area is 109 Å². The number of carboxylic acids is 1. The normalized spacial score (nSPS) is 19.1. The van der Waals surface area contributed by atoms with E-state index in [0.717, 1.165) is 0 Å². The van der Waals surface area contributed by atoms with Crippen LogP contribution in [0.1, 0.15) is 16.8 Å². The molecule has 1 aromatic rings. The van der Waals surface area contributed by atoms with E-state index in [1.54, 1.807) is 18.2 Å². The van der Waals surface area contributed by atoms with Crippen LogP contribution in [0.3, 0.4) is 0 Å². The number of carboxylic acid groups (broad SMARTS) is 1. The summed E-state index contributed by atoms with van der Waals surface area (Å²) in [7, 11) is 0. The number of carbonyl (C=O) groups is 2. The Morgan fingerprint density at radius 1 is 1.56 bits per heavy atom. The summed E-state index contributed by atoms with van der Waals surface area (Å²) in [5.41, 5.74) is 0.432. The Morgan fingerprint density at radius 3 is 2.83 bits per heavy atom. The molecule has 1 N–H and O–H groups in total. The minimum Gasteiger partial charge on any atom is -0.478 e. The Kier molecular flexibility index (Phi) is 3.39. The summed E-state index contributed by atoms with van der Waals surface area (Å²) in [5.74, 6) is -1.12. The second-order valence-corrected chi connectivity index (χ2v) is 4.61. The highest BCUT2D eigenvalue weighted by molar-refractivity contribution is 6.31. The van der Waals surface area contributed by atoms with Crippen LogP contribution in [0.15, 0.2) is 30.9 Å². The summed E-state index contributed by atoms with van der Waals surface area (Å²) >= 11 is 5.78. The van der Waals surface area contributed by atoms with Crippen LogP contribution < -0.4 is 4.90 Å². The maximum Gasteiger partial charge on any atom is 0.337 e. The fourth-order valence-electron chi connectivity index (χ4n) is 2.04. The van der Waals surface area contributed by atoms with E-state index < -0.39 is 5.97 Å². The van der Waals surface area contributed by atoms with Gasteiger partial charge in [0.2, 0.25) is 5.91 Å². The van der Waals surface area contributed by atoms with Crippen molar-refractivity contribution in [2.45, 2.75) is 6.42 Å². The van der Waals surface area contributed by atoms with Gasteiger partial charge in [-0.05, 0) is 18.2 Å². The maximum atomic E-state index is 11.9. The molecule has 0 bridgehead atoms. The van der Waals surface area contributed by atoms with Crippen molar-refractivity contribution in [1.29, 1.82) is 0 Å². The van der Waals surface area contributed by atoms with Gasteiger partial charge in [0.25, 0.3) is 0 Å². The van der Waals surface area contributed by atoms with Gasteiger partial charge in [-0.3, -0.25) is 4.79 Å². The average molecular weight is 266 g/mol. The highest BCUT2D eigenvalue weighted by Crippen LogP contribution is 2.30. The molecule has 1 fully saturated rings. The fraction of sp³-hybridized carbons (Fsp3) is 0.231. The molecule has 0 aromatic heterocycles. The molecule has 1 heterocycles. The number of benzene rings is 1. The van der Waals surface area contributed by atoms with Gasteiger partial charge in [-0.2, -0.15) is 0 Å². The third-order valence-corrected chi connectivity index (χ3v) is 3.20. The van der Waals surface area contributed by atoms with E-state index in [4.69, 9.17) is 16.7 Å². The van der Waals surface area contributed by atoms with Crippen molar-refractivity contribution in [3.63, 3.8) is 0 Å². The van der Waals surface area contributed by atoms with Crippen LogP contribution in [0.25, 0.3) is 0 Å². The Hall–Kier alpha value is -1.81. The zero-order valence-electron chi connectivity index (χ0n) is 9.60. The third-order valence-electron chi connectivity index (χ3n) is 2.97. The van der Waals surface area contributed by atoms with Gasteiger partial charge in [0.05, 0.1) is 11.3 Å². The number of carbonyl (C=O) groups excluding carboxylic acids is 1. The third kappa shape index (κ3) is 2.24. The van der Waals surface area contributed by atoms with Crippen LogP contribution in [-0.4, -0.2) is 23.5 Å². The zero-order valence-corrected chi connectivity index (χ0v) is 10.4. The lowest BCUT2D eigenvalue weighted by Crippen LogP contribution is -2.26. The van der Waals surface area contributed by atoms with Crippen molar-refractivity contribution in [3.05, 3.63) is 41.4 Å². The van der Waals surface area contributed by atoms with E-state index in [1.165, 1.54) is 11.0 Å². The van der Waals surface area contributed by atoms with Gasteiger partial charge in [-0.1, -0.05) is 17.7 Å². The largest absolute Gasteiger partial charge is 0.478 e. The molecule has 1 amide bonds. The monoisotopic (exact) mass is 265 g/mol. The van der Waals surface area contributed by atoms with E-state index in [1.807, 2.05) is 0 Å². The minimum atomic E-state index is -1.10. The van der Waals surface area contributed by atoms with Gasteiger partial charge in [0.1, 0.15) is 0 Å². The molecular formula is C13H12ClNO3. The van der Waals surface area contributed by atoms with Crippen molar-refractivity contribution < 1.29 is 14.7 Å². The first kappa shape index (κ1) is 12.6. The summed E-state index contributed by atoms with van der Waals surface area (Å²) in [6, 6.07) is 4.50. The number of anilines is 1. The molecule has 1 saturated heterocycles. The Bertz CT molecular complexity index is 527. The Morgan fingerprint density at radius 2 is 2.28 bits per heavy atom. The van der Waals surface area contributed by atoms with Crippen molar-refractivity contribution in [1.82, 2.24) is 0 Å². The van der Waals surface area contributed by atoms with Gasteiger partial charge in [-0.15, -0.1) is 6.58 Å². The van der Waals surface area contributed by atoms with Crippen molar-refractivity contribution in [3.8, 4) is 0 Å². The predicted octanol–water partition coefficient (Wildman–Crippen LogP) is 2.58. The molecule has 0 aliphatic carbocycles. The average Bonchev–Trinajstić information content (AvgIpc) is 2.70. The summed E-state index contributed by atoms with van der Waals surface area (Å²) in [6.07, 6.45) is 2.08. The van der Waals surface area contributed by atoms with Crippen molar-refractivity contribution in [2.24, 2.45) is 5.92 Å². The lowest BCUT2D eigenvalue weighted by molar-refractivity contribution is -0.117. The van der Waals surface area contributed by atoms with Crippen LogP contribution in [-0.2, 0) is 4.79 Å². The molecule has 18 heavy (non-hydrogen) atoms. The smallest absolute Gasteiger partial charge is 0.337 e. The van der Waals surface area contributed by atoms with Crippen LogP contribution in [0.5, 0.6) is 0 Å². The van der Waals surface area contributed by atoms with Crippen LogP contribution in [0.2, 0.25) is 5.02 Å². The predicted molar refractivity (Wildman–Crippen MR) is 69.1 cm³/mol. The molecule has 1 aliphatic heterocycles. The molecule has 5 heteroatoms.